The van der Waals surface area contributed by atoms with Gasteiger partial charge in [0.05, 0.1) is 11.7 Å². The Morgan fingerprint density at radius 1 is 1.44 bits per heavy atom. The first-order chi connectivity index (χ1) is 8.54. The van der Waals surface area contributed by atoms with Gasteiger partial charge in [-0.2, -0.15) is 4.37 Å². The molecule has 0 bridgehead atoms. The topological polar surface area (TPSA) is 67.2 Å². The zero-order chi connectivity index (χ0) is 13.1. The van der Waals surface area contributed by atoms with Crippen LogP contribution in [0.1, 0.15) is 30.2 Å². The van der Waals surface area contributed by atoms with Crippen molar-refractivity contribution in [2.45, 2.75) is 26.8 Å². The molecule has 2 heterocycles. The van der Waals surface area contributed by atoms with E-state index in [0.29, 0.717) is 0 Å². The van der Waals surface area contributed by atoms with Crippen LogP contribution in [0, 0.1) is 13.8 Å². The highest BCUT2D eigenvalue weighted by molar-refractivity contribution is 7.10. The summed E-state index contributed by atoms with van der Waals surface area (Å²) in [6, 6.07) is 5.12. The van der Waals surface area contributed by atoms with E-state index in [1.165, 1.54) is 11.5 Å². The van der Waals surface area contributed by atoms with Crippen LogP contribution < -0.4 is 10.6 Å². The fourth-order valence-electron chi connectivity index (χ4n) is 1.52. The molecule has 2 aromatic heterocycles. The predicted molar refractivity (Wildman–Crippen MR) is 70.9 cm³/mol. The van der Waals surface area contributed by atoms with Crippen molar-refractivity contribution in [1.82, 2.24) is 9.69 Å². The summed E-state index contributed by atoms with van der Waals surface area (Å²) < 4.78 is 9.54. The lowest BCUT2D eigenvalue weighted by molar-refractivity contribution is 0.247. The number of aromatic nitrogens is 1. The number of hydrogen-bond acceptors (Lipinski definition) is 4. The Hall–Kier alpha value is -1.82. The maximum atomic E-state index is 11.7. The molecule has 0 aromatic carbocycles. The van der Waals surface area contributed by atoms with Gasteiger partial charge in [-0.1, -0.05) is 0 Å². The molecule has 0 radical (unpaired) electrons. The first-order valence-electron chi connectivity index (χ1n) is 5.62. The predicted octanol–water partition coefficient (Wildman–Crippen LogP) is 3.24. The van der Waals surface area contributed by atoms with E-state index < -0.39 is 0 Å². The second kappa shape index (κ2) is 5.22. The highest BCUT2D eigenvalue weighted by Gasteiger charge is 2.13. The summed E-state index contributed by atoms with van der Waals surface area (Å²) in [5.41, 5.74) is 0.894. The summed E-state index contributed by atoms with van der Waals surface area (Å²) in [5.74, 6) is 1.57. The Balaban J connectivity index is 1.91. The molecular weight excluding hydrogens is 250 g/mol. The van der Waals surface area contributed by atoms with E-state index in [1.54, 1.807) is 0 Å². The van der Waals surface area contributed by atoms with E-state index in [2.05, 4.69) is 15.0 Å². The molecule has 1 atom stereocenters. The molecule has 0 aliphatic rings. The molecule has 6 heteroatoms. The number of aryl methyl sites for hydroxylation is 2. The summed E-state index contributed by atoms with van der Waals surface area (Å²) in [5, 5.41) is 6.27. The molecule has 96 valence electrons. The molecule has 2 N–H and O–H groups in total. The van der Waals surface area contributed by atoms with Gasteiger partial charge in [-0.15, -0.1) is 0 Å². The zero-order valence-electron chi connectivity index (χ0n) is 10.5. The van der Waals surface area contributed by atoms with Crippen molar-refractivity contribution >= 4 is 22.6 Å². The van der Waals surface area contributed by atoms with Crippen LogP contribution in [0.2, 0.25) is 0 Å². The van der Waals surface area contributed by atoms with Crippen LogP contribution in [0.15, 0.2) is 22.6 Å². The van der Waals surface area contributed by atoms with Crippen LogP contribution >= 0.6 is 11.5 Å². The largest absolute Gasteiger partial charge is 0.464 e. The number of carbonyl (C=O) groups excluding carboxylic acids is 1. The number of urea groups is 1. The summed E-state index contributed by atoms with van der Waals surface area (Å²) in [7, 11) is 0. The molecule has 18 heavy (non-hydrogen) atoms. The normalized spacial score (nSPS) is 12.2. The number of nitrogens with zero attached hydrogens (tertiary/aromatic N) is 1. The third-order valence-electron chi connectivity index (χ3n) is 2.40. The monoisotopic (exact) mass is 265 g/mol. The van der Waals surface area contributed by atoms with E-state index in [9.17, 15) is 4.79 Å². The van der Waals surface area contributed by atoms with Crippen molar-refractivity contribution in [3.05, 3.63) is 35.4 Å². The minimum absolute atomic E-state index is 0.173. The molecule has 5 nitrogen and oxygen atoms in total. The molecule has 2 rings (SSSR count). The number of rotatable bonds is 3. The van der Waals surface area contributed by atoms with Gasteiger partial charge in [0, 0.05) is 0 Å². The number of nitrogens with one attached hydrogen (secondary N) is 2. The van der Waals surface area contributed by atoms with Gasteiger partial charge in [-0.05, 0) is 50.5 Å². The van der Waals surface area contributed by atoms with Gasteiger partial charge in [0.15, 0.2) is 0 Å². The smallest absolute Gasteiger partial charge is 0.320 e. The number of carbonyl (C=O) groups is 1. The molecule has 0 aliphatic heterocycles. The Kier molecular flexibility index (Phi) is 3.66. The van der Waals surface area contributed by atoms with Gasteiger partial charge in [0.25, 0.3) is 0 Å². The van der Waals surface area contributed by atoms with Crippen LogP contribution in [0.5, 0.6) is 0 Å². The van der Waals surface area contributed by atoms with Crippen molar-refractivity contribution in [1.29, 1.82) is 0 Å². The Morgan fingerprint density at radius 2 is 2.22 bits per heavy atom. The average Bonchev–Trinajstić information content (AvgIpc) is 2.87. The lowest BCUT2D eigenvalue weighted by Crippen LogP contribution is -2.30. The van der Waals surface area contributed by atoms with Crippen molar-refractivity contribution < 1.29 is 9.21 Å². The standard InChI is InChI=1S/C12H15N3O2S/c1-7-6-11(18-15-7)14-12(16)13-9(3)10-5-4-8(2)17-10/h4-6,9H,1-3H3,(H2,13,14,16)/t9-/m1/s1. The van der Waals surface area contributed by atoms with E-state index in [0.717, 1.165) is 22.2 Å². The summed E-state index contributed by atoms with van der Waals surface area (Å²) in [6.07, 6.45) is 0. The minimum Gasteiger partial charge on any atom is -0.464 e. The van der Waals surface area contributed by atoms with Crippen LogP contribution in [-0.2, 0) is 0 Å². The lowest BCUT2D eigenvalue weighted by Gasteiger charge is -2.11. The molecule has 0 spiro atoms. The van der Waals surface area contributed by atoms with E-state index in [1.807, 2.05) is 39.0 Å². The summed E-state index contributed by atoms with van der Waals surface area (Å²) in [4.78, 5) is 11.7. The van der Waals surface area contributed by atoms with Gasteiger partial charge < -0.3 is 9.73 Å². The fraction of sp³-hybridized carbons (Fsp3) is 0.333. The van der Waals surface area contributed by atoms with Crippen molar-refractivity contribution in [3.8, 4) is 0 Å². The molecule has 0 aliphatic carbocycles. The maximum absolute atomic E-state index is 11.7. The van der Waals surface area contributed by atoms with Gasteiger partial charge in [-0.3, -0.25) is 5.32 Å². The van der Waals surface area contributed by atoms with Gasteiger partial charge in [0.2, 0.25) is 0 Å². The molecular formula is C12H15N3O2S. The summed E-state index contributed by atoms with van der Waals surface area (Å²) >= 11 is 1.26. The molecule has 0 saturated carbocycles. The zero-order valence-corrected chi connectivity index (χ0v) is 11.3. The number of hydrogen-bond donors (Lipinski definition) is 2. The molecule has 0 fully saturated rings. The Labute approximate surface area is 109 Å². The average molecular weight is 265 g/mol. The second-order valence-corrected chi connectivity index (χ2v) is 4.91. The first-order valence-corrected chi connectivity index (χ1v) is 6.39. The Morgan fingerprint density at radius 3 is 2.78 bits per heavy atom. The van der Waals surface area contributed by atoms with Gasteiger partial charge in [-0.25, -0.2) is 4.79 Å². The quantitative estimate of drug-likeness (QED) is 0.895. The highest BCUT2D eigenvalue weighted by atomic mass is 32.1. The number of furan rings is 1. The highest BCUT2D eigenvalue weighted by Crippen LogP contribution is 2.17. The lowest BCUT2D eigenvalue weighted by atomic mass is 10.2. The van der Waals surface area contributed by atoms with E-state index in [4.69, 9.17) is 4.42 Å². The number of amides is 2. The van der Waals surface area contributed by atoms with E-state index >= 15 is 0 Å². The van der Waals surface area contributed by atoms with Crippen LogP contribution in [0.4, 0.5) is 9.80 Å². The molecule has 2 aromatic rings. The third-order valence-corrected chi connectivity index (χ3v) is 3.20. The van der Waals surface area contributed by atoms with Gasteiger partial charge >= 0.3 is 6.03 Å². The van der Waals surface area contributed by atoms with Crippen molar-refractivity contribution in [3.63, 3.8) is 0 Å². The van der Waals surface area contributed by atoms with Crippen molar-refractivity contribution in [2.24, 2.45) is 0 Å². The van der Waals surface area contributed by atoms with Crippen molar-refractivity contribution in [2.75, 3.05) is 5.32 Å². The Bertz CT molecular complexity index is 547. The van der Waals surface area contributed by atoms with E-state index in [-0.39, 0.29) is 12.1 Å². The van der Waals surface area contributed by atoms with Crippen LogP contribution in [-0.4, -0.2) is 10.4 Å². The molecule has 0 saturated heterocycles. The van der Waals surface area contributed by atoms with Crippen LogP contribution in [0.25, 0.3) is 0 Å². The first kappa shape index (κ1) is 12.6. The third kappa shape index (κ3) is 3.10. The molecule has 2 amide bonds. The molecule has 0 unspecified atom stereocenters. The number of anilines is 1. The SMILES string of the molecule is Cc1cc(NC(=O)N[C@H](C)c2ccc(C)o2)sn1. The fourth-order valence-corrected chi connectivity index (χ4v) is 2.18. The summed E-state index contributed by atoms with van der Waals surface area (Å²) in [6.45, 7) is 5.62. The minimum atomic E-state index is -0.264. The maximum Gasteiger partial charge on any atom is 0.320 e. The van der Waals surface area contributed by atoms with Crippen LogP contribution in [0.3, 0.4) is 0 Å². The second-order valence-electron chi connectivity index (χ2n) is 4.10. The van der Waals surface area contributed by atoms with Gasteiger partial charge in [0.1, 0.15) is 16.5 Å².